The molecular weight excluding hydrogens is 392 g/mol. The fourth-order valence-electron chi connectivity index (χ4n) is 3.51. The summed E-state index contributed by atoms with van der Waals surface area (Å²) in [7, 11) is 0. The molecule has 0 spiro atoms. The maximum atomic E-state index is 13.3. The lowest BCUT2D eigenvalue weighted by Gasteiger charge is -2.30. The Bertz CT molecular complexity index is 927. The largest absolute Gasteiger partial charge is 0.454 e. The predicted octanol–water partition coefficient (Wildman–Crippen LogP) is 3.99. The first-order chi connectivity index (χ1) is 14.9. The normalized spacial score (nSPS) is 14.1. The van der Waals surface area contributed by atoms with Gasteiger partial charge in [-0.05, 0) is 62.4 Å². The molecule has 0 unspecified atom stereocenters. The van der Waals surface area contributed by atoms with Crippen LogP contribution < -0.4 is 14.8 Å². The molecule has 0 saturated carbocycles. The van der Waals surface area contributed by atoms with Crippen molar-refractivity contribution in [1.29, 1.82) is 0 Å². The fourth-order valence-corrected chi connectivity index (χ4v) is 3.51. The Morgan fingerprint density at radius 1 is 1.10 bits per heavy atom. The van der Waals surface area contributed by atoms with Crippen LogP contribution in [0.4, 0.5) is 0 Å². The van der Waals surface area contributed by atoms with E-state index in [1.54, 1.807) is 11.8 Å². The number of benzene rings is 2. The third-order valence-corrected chi connectivity index (χ3v) is 5.83. The highest BCUT2D eigenvalue weighted by atomic mass is 16.7. The quantitative estimate of drug-likeness (QED) is 0.661. The Hall–Kier alpha value is -3.02. The average molecular weight is 425 g/mol. The van der Waals surface area contributed by atoms with Crippen LogP contribution in [0.1, 0.15) is 50.3 Å². The number of aryl methyl sites for hydroxylation is 2. The van der Waals surface area contributed by atoms with Gasteiger partial charge in [0.05, 0.1) is 0 Å². The summed E-state index contributed by atoms with van der Waals surface area (Å²) in [5.74, 6) is 1.27. The Morgan fingerprint density at radius 2 is 1.84 bits per heavy atom. The summed E-state index contributed by atoms with van der Waals surface area (Å²) in [6.07, 6.45) is 1.72. The van der Waals surface area contributed by atoms with Gasteiger partial charge < -0.3 is 19.7 Å². The first kappa shape index (κ1) is 22.7. The first-order valence-electron chi connectivity index (χ1n) is 10.9. The topological polar surface area (TPSA) is 67.9 Å². The second kappa shape index (κ2) is 10.3. The summed E-state index contributed by atoms with van der Waals surface area (Å²) in [6, 6.07) is 13.2. The van der Waals surface area contributed by atoms with Gasteiger partial charge in [-0.25, -0.2) is 0 Å². The van der Waals surface area contributed by atoms with Gasteiger partial charge in [0.15, 0.2) is 11.5 Å². The van der Waals surface area contributed by atoms with Crippen molar-refractivity contribution in [3.63, 3.8) is 0 Å². The predicted molar refractivity (Wildman–Crippen MR) is 120 cm³/mol. The molecule has 2 atom stereocenters. The Kier molecular flexibility index (Phi) is 7.55. The summed E-state index contributed by atoms with van der Waals surface area (Å²) >= 11 is 0. The number of hydrogen-bond donors (Lipinski definition) is 1. The van der Waals surface area contributed by atoms with E-state index in [0.29, 0.717) is 25.1 Å². The van der Waals surface area contributed by atoms with E-state index in [1.807, 2.05) is 63.2 Å². The van der Waals surface area contributed by atoms with E-state index in [4.69, 9.17) is 9.47 Å². The number of carbonyl (C=O) groups excluding carboxylic acids is 2. The highest BCUT2D eigenvalue weighted by Crippen LogP contribution is 2.32. The molecule has 0 aromatic heterocycles. The first-order valence-corrected chi connectivity index (χ1v) is 10.9. The van der Waals surface area contributed by atoms with Gasteiger partial charge in [0, 0.05) is 19.0 Å². The van der Waals surface area contributed by atoms with Crippen molar-refractivity contribution in [2.45, 2.75) is 65.6 Å². The zero-order chi connectivity index (χ0) is 22.4. The van der Waals surface area contributed by atoms with Crippen molar-refractivity contribution < 1.29 is 19.1 Å². The van der Waals surface area contributed by atoms with Crippen molar-refractivity contribution in [1.82, 2.24) is 10.2 Å². The minimum Gasteiger partial charge on any atom is -0.454 e. The zero-order valence-corrected chi connectivity index (χ0v) is 18.8. The smallest absolute Gasteiger partial charge is 0.242 e. The molecule has 1 aliphatic heterocycles. The van der Waals surface area contributed by atoms with Crippen molar-refractivity contribution in [3.05, 3.63) is 59.2 Å². The van der Waals surface area contributed by atoms with Gasteiger partial charge in [0.2, 0.25) is 18.6 Å². The molecule has 1 N–H and O–H groups in total. The lowest BCUT2D eigenvalue weighted by atomic mass is 10.0. The molecule has 2 aromatic carbocycles. The molecule has 6 nitrogen and oxygen atoms in total. The molecule has 2 amide bonds. The molecule has 6 heteroatoms. The Balaban J connectivity index is 1.73. The van der Waals surface area contributed by atoms with Crippen molar-refractivity contribution >= 4 is 11.8 Å². The molecule has 1 aliphatic rings. The SMILES string of the molecule is CC[C@H](C)NC(=O)[C@@H](C)N(Cc1ccccc1C)C(=O)CCc1ccc2c(c1)OCO2. The van der Waals surface area contributed by atoms with Crippen LogP contribution in [-0.2, 0) is 22.6 Å². The van der Waals surface area contributed by atoms with Crippen LogP contribution in [0.2, 0.25) is 0 Å². The third kappa shape index (κ3) is 5.78. The lowest BCUT2D eigenvalue weighted by Crippen LogP contribution is -2.49. The summed E-state index contributed by atoms with van der Waals surface area (Å²) in [6.45, 7) is 8.45. The molecule has 0 saturated heterocycles. The van der Waals surface area contributed by atoms with Crippen LogP contribution in [0, 0.1) is 6.92 Å². The number of nitrogens with one attached hydrogen (secondary N) is 1. The second-order valence-corrected chi connectivity index (χ2v) is 8.13. The summed E-state index contributed by atoms with van der Waals surface area (Å²) in [5.41, 5.74) is 3.15. The van der Waals surface area contributed by atoms with Crippen LogP contribution >= 0.6 is 0 Å². The van der Waals surface area contributed by atoms with E-state index in [9.17, 15) is 9.59 Å². The van der Waals surface area contributed by atoms with Crippen LogP contribution in [0.5, 0.6) is 11.5 Å². The highest BCUT2D eigenvalue weighted by Gasteiger charge is 2.27. The molecule has 0 aliphatic carbocycles. The fraction of sp³-hybridized carbons (Fsp3) is 0.440. The van der Waals surface area contributed by atoms with E-state index >= 15 is 0 Å². The lowest BCUT2D eigenvalue weighted by molar-refractivity contribution is -0.140. The zero-order valence-electron chi connectivity index (χ0n) is 18.8. The minimum absolute atomic E-state index is 0.0484. The third-order valence-electron chi connectivity index (χ3n) is 5.83. The number of amides is 2. The van der Waals surface area contributed by atoms with Crippen molar-refractivity contribution in [2.75, 3.05) is 6.79 Å². The maximum absolute atomic E-state index is 13.3. The van der Waals surface area contributed by atoms with Gasteiger partial charge in [-0.3, -0.25) is 9.59 Å². The molecule has 0 fully saturated rings. The molecule has 1 heterocycles. The van der Waals surface area contributed by atoms with Crippen molar-refractivity contribution in [3.8, 4) is 11.5 Å². The molecule has 0 bridgehead atoms. The number of nitrogens with zero attached hydrogens (tertiary/aromatic N) is 1. The standard InChI is InChI=1S/C25H32N2O4/c1-5-18(3)26-25(29)19(4)27(15-21-9-7-6-8-17(21)2)24(28)13-11-20-10-12-22-23(14-20)31-16-30-22/h6-10,12,14,18-19H,5,11,13,15-16H2,1-4H3,(H,26,29)/t18-,19+/m0/s1. The van der Waals surface area contributed by atoms with Gasteiger partial charge in [-0.15, -0.1) is 0 Å². The summed E-state index contributed by atoms with van der Waals surface area (Å²) in [4.78, 5) is 27.7. The summed E-state index contributed by atoms with van der Waals surface area (Å²) in [5, 5.41) is 3.00. The molecule has 2 aromatic rings. The van der Waals surface area contributed by atoms with Gasteiger partial charge >= 0.3 is 0 Å². The minimum atomic E-state index is -0.558. The highest BCUT2D eigenvalue weighted by molar-refractivity contribution is 5.87. The monoisotopic (exact) mass is 424 g/mol. The molecule has 0 radical (unpaired) electrons. The van der Waals surface area contributed by atoms with Gasteiger partial charge in [0.1, 0.15) is 6.04 Å². The Labute approximate surface area is 184 Å². The van der Waals surface area contributed by atoms with Crippen molar-refractivity contribution in [2.24, 2.45) is 0 Å². The van der Waals surface area contributed by atoms with E-state index in [1.165, 1.54) is 0 Å². The van der Waals surface area contributed by atoms with Gasteiger partial charge in [-0.1, -0.05) is 37.3 Å². The maximum Gasteiger partial charge on any atom is 0.242 e. The van der Waals surface area contributed by atoms with Crippen LogP contribution in [-0.4, -0.2) is 35.6 Å². The van der Waals surface area contributed by atoms with E-state index < -0.39 is 6.04 Å². The molecule has 3 rings (SSSR count). The summed E-state index contributed by atoms with van der Waals surface area (Å²) < 4.78 is 10.8. The van der Waals surface area contributed by atoms with E-state index in [2.05, 4.69) is 5.32 Å². The van der Waals surface area contributed by atoms with E-state index in [-0.39, 0.29) is 24.6 Å². The second-order valence-electron chi connectivity index (χ2n) is 8.13. The van der Waals surface area contributed by atoms with Gasteiger partial charge in [-0.2, -0.15) is 0 Å². The van der Waals surface area contributed by atoms with E-state index in [0.717, 1.165) is 28.9 Å². The number of rotatable bonds is 9. The molecular formula is C25H32N2O4. The number of ether oxygens (including phenoxy) is 2. The Morgan fingerprint density at radius 3 is 2.58 bits per heavy atom. The number of hydrogen-bond acceptors (Lipinski definition) is 4. The van der Waals surface area contributed by atoms with Crippen LogP contribution in [0.15, 0.2) is 42.5 Å². The van der Waals surface area contributed by atoms with Gasteiger partial charge in [0.25, 0.3) is 0 Å². The molecule has 166 valence electrons. The van der Waals surface area contributed by atoms with Crippen LogP contribution in [0.25, 0.3) is 0 Å². The number of fused-ring (bicyclic) bond motifs is 1. The average Bonchev–Trinajstić information content (AvgIpc) is 3.24. The molecule has 31 heavy (non-hydrogen) atoms. The van der Waals surface area contributed by atoms with Crippen LogP contribution in [0.3, 0.4) is 0 Å². The number of carbonyl (C=O) groups is 2.